The van der Waals surface area contributed by atoms with Crippen molar-refractivity contribution in [1.29, 1.82) is 0 Å². The molecule has 0 aliphatic heterocycles. The normalized spacial score (nSPS) is 10.8. The van der Waals surface area contributed by atoms with Crippen LogP contribution in [-0.2, 0) is 14.8 Å². The fourth-order valence-corrected chi connectivity index (χ4v) is 3.73. The zero-order valence-electron chi connectivity index (χ0n) is 17.6. The molecular weight excluding hydrogens is 428 g/mol. The number of hydrogen-bond acceptors (Lipinski definition) is 5. The number of rotatable bonds is 10. The van der Waals surface area contributed by atoms with E-state index in [2.05, 4.69) is 11.9 Å². The van der Waals surface area contributed by atoms with Gasteiger partial charge in [0.1, 0.15) is 24.7 Å². The lowest BCUT2D eigenvalue weighted by Crippen LogP contribution is -2.37. The first-order valence-corrected chi connectivity index (χ1v) is 11.6. The third kappa shape index (κ3) is 6.36. The van der Waals surface area contributed by atoms with Crippen molar-refractivity contribution >= 4 is 27.3 Å². The number of benzene rings is 3. The maximum atomic E-state index is 12.7. The van der Waals surface area contributed by atoms with Crippen LogP contribution in [0.3, 0.4) is 0 Å². The Morgan fingerprint density at radius 3 is 2.28 bits per heavy atom. The van der Waals surface area contributed by atoms with Crippen LogP contribution in [0.1, 0.15) is 0 Å². The molecule has 0 radical (unpaired) electrons. The highest BCUT2D eigenvalue weighted by Gasteiger charge is 2.24. The van der Waals surface area contributed by atoms with Gasteiger partial charge in [0.25, 0.3) is 0 Å². The van der Waals surface area contributed by atoms with Crippen LogP contribution >= 0.6 is 0 Å². The van der Waals surface area contributed by atoms with Crippen molar-refractivity contribution in [3.05, 3.63) is 91.5 Å². The quantitative estimate of drug-likeness (QED) is 0.460. The Morgan fingerprint density at radius 1 is 0.969 bits per heavy atom. The summed E-state index contributed by atoms with van der Waals surface area (Å²) in [6.07, 6.45) is 2.68. The van der Waals surface area contributed by atoms with Gasteiger partial charge < -0.3 is 14.8 Å². The zero-order chi connectivity index (χ0) is 23.0. The van der Waals surface area contributed by atoms with Gasteiger partial charge in [-0.2, -0.15) is 0 Å². The Morgan fingerprint density at radius 2 is 1.62 bits per heavy atom. The van der Waals surface area contributed by atoms with Crippen molar-refractivity contribution in [3.8, 4) is 17.2 Å². The molecule has 0 spiro atoms. The van der Waals surface area contributed by atoms with Crippen LogP contribution in [0.2, 0.25) is 0 Å². The lowest BCUT2D eigenvalue weighted by Gasteiger charge is -2.24. The molecule has 3 rings (SSSR count). The summed E-state index contributed by atoms with van der Waals surface area (Å²) in [4.78, 5) is 12.7. The second-order valence-corrected chi connectivity index (χ2v) is 8.73. The van der Waals surface area contributed by atoms with Crippen LogP contribution in [-0.4, -0.2) is 33.7 Å². The highest BCUT2D eigenvalue weighted by molar-refractivity contribution is 7.92. The molecule has 0 aromatic heterocycles. The molecule has 0 saturated heterocycles. The average molecular weight is 453 g/mol. The van der Waals surface area contributed by atoms with Gasteiger partial charge in [-0.3, -0.25) is 9.10 Å². The Labute approximate surface area is 188 Å². The first-order chi connectivity index (χ1) is 15.4. The van der Waals surface area contributed by atoms with Crippen molar-refractivity contribution in [3.63, 3.8) is 0 Å². The summed E-state index contributed by atoms with van der Waals surface area (Å²) in [6, 6.07) is 22.4. The first kappa shape index (κ1) is 22.9. The predicted molar refractivity (Wildman–Crippen MR) is 126 cm³/mol. The first-order valence-electron chi connectivity index (χ1n) is 9.80. The summed E-state index contributed by atoms with van der Waals surface area (Å²) in [7, 11) is -3.77. The Kier molecular flexibility index (Phi) is 7.51. The van der Waals surface area contributed by atoms with Crippen molar-refractivity contribution in [2.24, 2.45) is 0 Å². The lowest BCUT2D eigenvalue weighted by molar-refractivity contribution is -0.114. The van der Waals surface area contributed by atoms with E-state index in [1.54, 1.807) is 66.7 Å². The van der Waals surface area contributed by atoms with Crippen LogP contribution < -0.4 is 19.1 Å². The minimum absolute atomic E-state index is 0.266. The molecule has 8 heteroatoms. The standard InChI is InChI=1S/C24H24N2O5S/c1-3-17-30-20-15-13-19(14-16-20)25-24(27)18-26(32(2,28)29)22-11-7-8-12-23(22)31-21-9-5-4-6-10-21/h3-16H,1,17-18H2,2H3,(H,25,27). The van der Waals surface area contributed by atoms with Gasteiger partial charge in [0.05, 0.1) is 11.9 Å². The number of carbonyl (C=O) groups excluding carboxylic acids is 1. The van der Waals surface area contributed by atoms with Crippen molar-refractivity contribution in [1.82, 2.24) is 0 Å². The Hall–Kier alpha value is -3.78. The van der Waals surface area contributed by atoms with Gasteiger partial charge in [-0.05, 0) is 48.5 Å². The topological polar surface area (TPSA) is 84.9 Å². The zero-order valence-corrected chi connectivity index (χ0v) is 18.4. The largest absolute Gasteiger partial charge is 0.490 e. The summed E-state index contributed by atoms with van der Waals surface area (Å²) in [5.41, 5.74) is 0.783. The summed E-state index contributed by atoms with van der Waals surface area (Å²) >= 11 is 0. The van der Waals surface area contributed by atoms with E-state index in [4.69, 9.17) is 9.47 Å². The smallest absolute Gasteiger partial charge is 0.245 e. The highest BCUT2D eigenvalue weighted by Crippen LogP contribution is 2.33. The van der Waals surface area contributed by atoms with E-state index in [9.17, 15) is 13.2 Å². The lowest BCUT2D eigenvalue weighted by atomic mass is 10.2. The number of nitrogens with zero attached hydrogens (tertiary/aromatic N) is 1. The average Bonchev–Trinajstić information content (AvgIpc) is 2.77. The van der Waals surface area contributed by atoms with E-state index in [1.165, 1.54) is 0 Å². The summed E-state index contributed by atoms with van der Waals surface area (Å²) in [5, 5.41) is 2.71. The number of ether oxygens (including phenoxy) is 2. The second-order valence-electron chi connectivity index (χ2n) is 6.82. The van der Waals surface area contributed by atoms with Crippen molar-refractivity contribution in [2.75, 3.05) is 29.0 Å². The fraction of sp³-hybridized carbons (Fsp3) is 0.125. The van der Waals surface area contributed by atoms with Crippen LogP contribution in [0, 0.1) is 0 Å². The molecule has 32 heavy (non-hydrogen) atoms. The monoisotopic (exact) mass is 452 g/mol. The number of amides is 1. The van der Waals surface area contributed by atoms with Gasteiger partial charge in [-0.25, -0.2) is 8.42 Å². The molecule has 1 N–H and O–H groups in total. The van der Waals surface area contributed by atoms with Gasteiger partial charge in [-0.1, -0.05) is 43.0 Å². The molecule has 0 atom stereocenters. The second kappa shape index (κ2) is 10.5. The number of carbonyl (C=O) groups is 1. The number of nitrogens with one attached hydrogen (secondary N) is 1. The van der Waals surface area contributed by atoms with E-state index in [-0.39, 0.29) is 5.69 Å². The van der Waals surface area contributed by atoms with E-state index < -0.39 is 22.5 Å². The predicted octanol–water partition coefficient (Wildman–Crippen LogP) is 4.45. The van der Waals surface area contributed by atoms with Crippen LogP contribution in [0.15, 0.2) is 91.5 Å². The van der Waals surface area contributed by atoms with Gasteiger partial charge in [0.15, 0.2) is 5.75 Å². The fourth-order valence-electron chi connectivity index (χ4n) is 2.87. The third-order valence-corrected chi connectivity index (χ3v) is 5.42. The maximum Gasteiger partial charge on any atom is 0.245 e. The van der Waals surface area contributed by atoms with E-state index in [0.717, 1.165) is 10.6 Å². The summed E-state index contributed by atoms with van der Waals surface area (Å²) < 4.78 is 37.4. The minimum Gasteiger partial charge on any atom is -0.490 e. The molecular formula is C24H24N2O5S. The van der Waals surface area contributed by atoms with Crippen LogP contribution in [0.25, 0.3) is 0 Å². The van der Waals surface area contributed by atoms with Crippen LogP contribution in [0.4, 0.5) is 11.4 Å². The molecule has 0 aliphatic carbocycles. The van der Waals surface area contributed by atoms with Crippen molar-refractivity contribution < 1.29 is 22.7 Å². The number of hydrogen-bond donors (Lipinski definition) is 1. The van der Waals surface area contributed by atoms with Gasteiger partial charge in [-0.15, -0.1) is 0 Å². The number of sulfonamides is 1. The van der Waals surface area contributed by atoms with E-state index in [1.807, 2.05) is 18.2 Å². The van der Waals surface area contributed by atoms with Crippen LogP contribution in [0.5, 0.6) is 17.2 Å². The molecule has 166 valence electrons. The molecule has 1 amide bonds. The van der Waals surface area contributed by atoms with Crippen molar-refractivity contribution in [2.45, 2.75) is 0 Å². The van der Waals surface area contributed by atoms with Gasteiger partial charge in [0.2, 0.25) is 15.9 Å². The molecule has 0 aliphatic rings. The molecule has 0 fully saturated rings. The number of anilines is 2. The van der Waals surface area contributed by atoms with E-state index >= 15 is 0 Å². The van der Waals surface area contributed by atoms with E-state index in [0.29, 0.717) is 29.5 Å². The SMILES string of the molecule is C=CCOc1ccc(NC(=O)CN(c2ccccc2Oc2ccccc2)S(C)(=O)=O)cc1. The third-order valence-electron chi connectivity index (χ3n) is 4.30. The van der Waals surface area contributed by atoms with Gasteiger partial charge >= 0.3 is 0 Å². The highest BCUT2D eigenvalue weighted by atomic mass is 32.2. The summed E-state index contributed by atoms with van der Waals surface area (Å²) in [5.74, 6) is 1.01. The molecule has 0 bridgehead atoms. The van der Waals surface area contributed by atoms with Gasteiger partial charge in [0, 0.05) is 5.69 Å². The molecule has 0 unspecified atom stereocenters. The maximum absolute atomic E-state index is 12.7. The minimum atomic E-state index is -3.77. The molecule has 0 heterocycles. The Bertz CT molecular complexity index is 1160. The Balaban J connectivity index is 1.78. The molecule has 7 nitrogen and oxygen atoms in total. The molecule has 3 aromatic carbocycles. The summed E-state index contributed by atoms with van der Waals surface area (Å²) in [6.45, 7) is 3.55. The number of para-hydroxylation sites is 3. The molecule has 3 aromatic rings. The molecule has 0 saturated carbocycles.